The lowest BCUT2D eigenvalue weighted by Crippen LogP contribution is -2.54. The highest BCUT2D eigenvalue weighted by atomic mass is 32.2. The van der Waals surface area contributed by atoms with E-state index in [1.165, 1.54) is 7.11 Å². The van der Waals surface area contributed by atoms with Crippen molar-refractivity contribution in [2.75, 3.05) is 13.7 Å². The number of sulfonamides is 1. The van der Waals surface area contributed by atoms with E-state index in [4.69, 9.17) is 4.74 Å². The van der Waals surface area contributed by atoms with Crippen LogP contribution < -0.4 is 20.7 Å². The van der Waals surface area contributed by atoms with Gasteiger partial charge in [-0.1, -0.05) is 74.4 Å². The predicted molar refractivity (Wildman–Crippen MR) is 149 cm³/mol. The van der Waals surface area contributed by atoms with Crippen LogP contribution in [0.5, 0.6) is 0 Å². The molecule has 3 rings (SSSR count). The van der Waals surface area contributed by atoms with Crippen molar-refractivity contribution < 1.29 is 32.3 Å². The lowest BCUT2D eigenvalue weighted by Gasteiger charge is -2.22. The predicted octanol–water partition coefficient (Wildman–Crippen LogP) is 1.88. The van der Waals surface area contributed by atoms with Crippen molar-refractivity contribution in [3.8, 4) is 0 Å². The number of benzene rings is 2. The molecule has 216 valence electrons. The Morgan fingerprint density at radius 3 is 2.17 bits per heavy atom. The molecule has 0 radical (unpaired) electrons. The second kappa shape index (κ2) is 14.5. The van der Waals surface area contributed by atoms with Crippen molar-refractivity contribution in [1.29, 1.82) is 0 Å². The van der Waals surface area contributed by atoms with Gasteiger partial charge in [-0.05, 0) is 23.1 Å². The van der Waals surface area contributed by atoms with Crippen LogP contribution in [0, 0.1) is 0 Å². The van der Waals surface area contributed by atoms with E-state index in [2.05, 4.69) is 22.9 Å². The number of hydrogen-bond donors (Lipinski definition) is 4. The molecule has 1 aliphatic rings. The molecule has 40 heavy (non-hydrogen) atoms. The molecule has 2 aromatic rings. The zero-order chi connectivity index (χ0) is 29.1. The Balaban J connectivity index is 1.72. The van der Waals surface area contributed by atoms with E-state index < -0.39 is 45.3 Å². The molecule has 1 fully saturated rings. The van der Waals surface area contributed by atoms with Gasteiger partial charge in [0.15, 0.2) is 0 Å². The maximum Gasteiger partial charge on any atom is 0.328 e. The number of unbranched alkanes of at least 4 members (excludes halogenated alkanes) is 2. The number of methoxy groups -OCH3 is 1. The van der Waals surface area contributed by atoms with Gasteiger partial charge in [0.05, 0.1) is 13.5 Å². The van der Waals surface area contributed by atoms with Gasteiger partial charge < -0.3 is 20.7 Å². The second-order valence-corrected chi connectivity index (χ2v) is 11.5. The maximum atomic E-state index is 13.0. The first-order chi connectivity index (χ1) is 19.1. The van der Waals surface area contributed by atoms with Gasteiger partial charge >= 0.3 is 12.0 Å². The van der Waals surface area contributed by atoms with Crippen molar-refractivity contribution >= 4 is 33.8 Å². The molecule has 0 spiro atoms. The number of carbonyl (C=O) groups is 4. The van der Waals surface area contributed by atoms with E-state index in [-0.39, 0.29) is 25.2 Å². The molecule has 4 amide bonds. The van der Waals surface area contributed by atoms with Crippen molar-refractivity contribution in [3.63, 3.8) is 0 Å². The summed E-state index contributed by atoms with van der Waals surface area (Å²) in [5.41, 5.74) is 1.95. The summed E-state index contributed by atoms with van der Waals surface area (Å²) in [6, 6.07) is 13.0. The second-order valence-electron chi connectivity index (χ2n) is 9.64. The molecule has 0 aromatic heterocycles. The van der Waals surface area contributed by atoms with Crippen LogP contribution in [0.25, 0.3) is 0 Å². The number of esters is 1. The summed E-state index contributed by atoms with van der Waals surface area (Å²) >= 11 is 0. The van der Waals surface area contributed by atoms with Gasteiger partial charge in [-0.25, -0.2) is 18.0 Å². The van der Waals surface area contributed by atoms with Gasteiger partial charge in [0.2, 0.25) is 21.8 Å². The number of urea groups is 1. The Bertz CT molecular complexity index is 1280. The van der Waals surface area contributed by atoms with Gasteiger partial charge in [-0.3, -0.25) is 14.3 Å². The third kappa shape index (κ3) is 8.80. The summed E-state index contributed by atoms with van der Waals surface area (Å²) in [7, 11) is -2.54. The minimum Gasteiger partial charge on any atom is -0.467 e. The van der Waals surface area contributed by atoms with E-state index in [9.17, 15) is 27.6 Å². The zero-order valence-corrected chi connectivity index (χ0v) is 23.5. The summed E-state index contributed by atoms with van der Waals surface area (Å²) in [5.74, 6) is -1.56. The van der Waals surface area contributed by atoms with Crippen LogP contribution >= 0.6 is 0 Å². The first kappa shape index (κ1) is 30.6. The average molecular weight is 573 g/mol. The lowest BCUT2D eigenvalue weighted by atomic mass is 10.0. The summed E-state index contributed by atoms with van der Waals surface area (Å²) in [5, 5.41) is 7.15. The smallest absolute Gasteiger partial charge is 0.328 e. The van der Waals surface area contributed by atoms with Crippen LogP contribution in [0.2, 0.25) is 0 Å². The third-order valence-electron chi connectivity index (χ3n) is 6.57. The van der Waals surface area contributed by atoms with Gasteiger partial charge in [0.1, 0.15) is 17.3 Å². The van der Waals surface area contributed by atoms with Crippen molar-refractivity contribution in [3.05, 3.63) is 71.3 Å². The molecule has 1 unspecified atom stereocenters. The molecule has 12 heteroatoms. The first-order valence-corrected chi connectivity index (χ1v) is 14.8. The average Bonchev–Trinajstić information content (AvgIpc) is 3.22. The van der Waals surface area contributed by atoms with E-state index in [0.717, 1.165) is 24.8 Å². The number of amides is 4. The summed E-state index contributed by atoms with van der Waals surface area (Å²) in [6.45, 7) is 2.50. The molecule has 11 nitrogen and oxygen atoms in total. The van der Waals surface area contributed by atoms with E-state index in [1.54, 1.807) is 24.3 Å². The normalized spacial score (nSPS) is 17.2. The van der Waals surface area contributed by atoms with Crippen LogP contribution in [0.15, 0.2) is 54.6 Å². The molecule has 1 saturated heterocycles. The quantitative estimate of drug-likeness (QED) is 0.211. The van der Waals surface area contributed by atoms with Crippen LogP contribution in [-0.2, 0) is 42.0 Å². The molecule has 2 aromatic carbocycles. The third-order valence-corrected chi connectivity index (χ3v) is 8.27. The molecule has 3 atom stereocenters. The topological polar surface area (TPSA) is 160 Å². The van der Waals surface area contributed by atoms with Crippen LogP contribution in [-0.4, -0.2) is 58.0 Å². The Hall–Kier alpha value is -3.93. The van der Waals surface area contributed by atoms with Crippen molar-refractivity contribution in [2.45, 2.75) is 62.8 Å². The summed E-state index contributed by atoms with van der Waals surface area (Å²) < 4.78 is 31.2. The standard InChI is InChI=1S/C28H36N4O7S/c1-3-4-8-15-29-26(34)22(16-20-11-13-21(14-12-20)24-18-25(33)32-40(24,37)38)30-28(36)31-23(27(35)39-2)17-19-9-6-5-7-10-19/h5-7,9-14,22-24H,3-4,8,15-18H2,1-2H3,(H,29,34)(H,32,33)(H2,30,31,36)/t22-,23-,24?/m0/s1. The molecule has 4 N–H and O–H groups in total. The molecule has 0 bridgehead atoms. The number of ether oxygens (including phenoxy) is 1. The molecular weight excluding hydrogens is 536 g/mol. The Morgan fingerprint density at radius 1 is 0.950 bits per heavy atom. The lowest BCUT2D eigenvalue weighted by molar-refractivity contribution is -0.142. The minimum atomic E-state index is -3.78. The fourth-order valence-electron chi connectivity index (χ4n) is 4.41. The van der Waals surface area contributed by atoms with Gasteiger partial charge in [-0.15, -0.1) is 0 Å². The summed E-state index contributed by atoms with van der Waals surface area (Å²) in [6.07, 6.45) is 2.89. The SMILES string of the molecule is CCCCCNC(=O)[C@H](Cc1ccc(C2CC(=O)NS2(=O)=O)cc1)NC(=O)N[C@@H](Cc1ccccc1)C(=O)OC. The highest BCUT2D eigenvalue weighted by Crippen LogP contribution is 2.30. The zero-order valence-electron chi connectivity index (χ0n) is 22.6. The molecule has 0 aliphatic carbocycles. The molecule has 0 saturated carbocycles. The first-order valence-electron chi connectivity index (χ1n) is 13.2. The number of carbonyl (C=O) groups excluding carboxylic acids is 4. The monoisotopic (exact) mass is 572 g/mol. The highest BCUT2D eigenvalue weighted by Gasteiger charge is 2.37. The number of rotatable bonds is 13. The summed E-state index contributed by atoms with van der Waals surface area (Å²) in [4.78, 5) is 50.0. The Morgan fingerprint density at radius 2 is 1.57 bits per heavy atom. The maximum absolute atomic E-state index is 13.0. The minimum absolute atomic E-state index is 0.115. The van der Waals surface area contributed by atoms with Gasteiger partial charge in [0.25, 0.3) is 0 Å². The van der Waals surface area contributed by atoms with Crippen molar-refractivity contribution in [2.24, 2.45) is 0 Å². The van der Waals surface area contributed by atoms with Crippen molar-refractivity contribution in [1.82, 2.24) is 20.7 Å². The molecular formula is C28H36N4O7S. The van der Waals surface area contributed by atoms with Crippen LogP contribution in [0.1, 0.15) is 54.5 Å². The number of nitrogens with one attached hydrogen (secondary N) is 4. The molecule has 1 aliphatic heterocycles. The Kier molecular flexibility index (Phi) is 11.1. The highest BCUT2D eigenvalue weighted by molar-refractivity contribution is 7.90. The number of hydrogen-bond acceptors (Lipinski definition) is 7. The van der Waals surface area contributed by atoms with Gasteiger partial charge in [0, 0.05) is 19.4 Å². The van der Waals surface area contributed by atoms with E-state index >= 15 is 0 Å². The van der Waals surface area contributed by atoms with E-state index in [1.807, 2.05) is 35.1 Å². The Labute approximate surface area is 234 Å². The fourth-order valence-corrected chi connectivity index (χ4v) is 5.84. The van der Waals surface area contributed by atoms with Crippen LogP contribution in [0.4, 0.5) is 4.79 Å². The fraction of sp³-hybridized carbons (Fsp3) is 0.429. The molecule has 1 heterocycles. The van der Waals surface area contributed by atoms with E-state index in [0.29, 0.717) is 17.7 Å². The largest absolute Gasteiger partial charge is 0.467 e. The van der Waals surface area contributed by atoms with Gasteiger partial charge in [-0.2, -0.15) is 0 Å². The van der Waals surface area contributed by atoms with Crippen LogP contribution in [0.3, 0.4) is 0 Å².